The van der Waals surface area contributed by atoms with Gasteiger partial charge in [-0.2, -0.15) is 0 Å². The summed E-state index contributed by atoms with van der Waals surface area (Å²) in [5, 5.41) is 2.61. The van der Waals surface area contributed by atoms with E-state index in [0.29, 0.717) is 23.5 Å². The molecule has 2 atom stereocenters. The Labute approximate surface area is 109 Å². The number of hydrogen-bond acceptors (Lipinski definition) is 4. The summed E-state index contributed by atoms with van der Waals surface area (Å²) >= 11 is 0. The van der Waals surface area contributed by atoms with Crippen LogP contribution in [0.25, 0.3) is 0 Å². The van der Waals surface area contributed by atoms with Gasteiger partial charge < -0.3 is 15.8 Å². The Morgan fingerprint density at radius 2 is 2.22 bits per heavy atom. The van der Waals surface area contributed by atoms with Crippen molar-refractivity contribution in [2.45, 2.75) is 12.2 Å². The third kappa shape index (κ3) is 3.46. The van der Waals surface area contributed by atoms with Crippen LogP contribution in [-0.2, 0) is 10.8 Å². The van der Waals surface area contributed by atoms with Crippen LogP contribution in [0.1, 0.15) is 17.3 Å². The summed E-state index contributed by atoms with van der Waals surface area (Å²) in [7, 11) is 0.531. The number of nitrogens with one attached hydrogen (secondary N) is 1. The lowest BCUT2D eigenvalue weighted by molar-refractivity contribution is 0.0954. The first-order valence-corrected chi connectivity index (χ1v) is 7.12. The highest BCUT2D eigenvalue weighted by Crippen LogP contribution is 2.24. The molecule has 3 N–H and O–H groups in total. The lowest BCUT2D eigenvalue weighted by Gasteiger charge is -2.12. The summed E-state index contributed by atoms with van der Waals surface area (Å²) in [5.41, 5.74) is 6.49. The van der Waals surface area contributed by atoms with E-state index in [2.05, 4.69) is 5.32 Å². The highest BCUT2D eigenvalue weighted by Gasteiger charge is 2.14. The van der Waals surface area contributed by atoms with Gasteiger partial charge in [-0.05, 0) is 19.1 Å². The summed E-state index contributed by atoms with van der Waals surface area (Å²) in [6.07, 6.45) is 1.61. The monoisotopic (exact) mass is 270 g/mol. The van der Waals surface area contributed by atoms with Crippen molar-refractivity contribution < 1.29 is 13.7 Å². The van der Waals surface area contributed by atoms with Crippen molar-refractivity contribution >= 4 is 22.4 Å². The van der Waals surface area contributed by atoms with Gasteiger partial charge in [0, 0.05) is 28.9 Å². The van der Waals surface area contributed by atoms with Crippen LogP contribution in [0.3, 0.4) is 0 Å². The van der Waals surface area contributed by atoms with E-state index in [1.807, 2.05) is 6.92 Å². The fourth-order valence-corrected chi connectivity index (χ4v) is 1.69. The van der Waals surface area contributed by atoms with Crippen LogP contribution in [0, 0.1) is 0 Å². The maximum absolute atomic E-state index is 11.9. The smallest absolute Gasteiger partial charge is 0.253 e. The van der Waals surface area contributed by atoms with Gasteiger partial charge in [0.25, 0.3) is 5.91 Å². The Kier molecular flexibility index (Phi) is 5.15. The van der Waals surface area contributed by atoms with Crippen molar-refractivity contribution in [1.82, 2.24) is 5.32 Å². The summed E-state index contributed by atoms with van der Waals surface area (Å²) in [6.45, 7) is 2.16. The Morgan fingerprint density at radius 3 is 2.78 bits per heavy atom. The first-order valence-electron chi connectivity index (χ1n) is 5.50. The van der Waals surface area contributed by atoms with Gasteiger partial charge in [-0.1, -0.05) is 6.07 Å². The number of ether oxygens (including phenoxy) is 1. The lowest BCUT2D eigenvalue weighted by Crippen LogP contribution is -2.33. The number of carbonyl (C=O) groups excluding carboxylic acids is 1. The molecule has 0 heterocycles. The fraction of sp³-hybridized carbons (Fsp3) is 0.417. The Bertz CT molecular complexity index is 463. The number of carbonyl (C=O) groups is 1. The zero-order valence-electron chi connectivity index (χ0n) is 10.7. The van der Waals surface area contributed by atoms with Gasteiger partial charge in [-0.25, -0.2) is 0 Å². The van der Waals surface area contributed by atoms with Crippen LogP contribution in [0.15, 0.2) is 18.2 Å². The second kappa shape index (κ2) is 6.39. The molecule has 0 saturated heterocycles. The molecule has 1 aromatic rings. The number of methoxy groups -OCH3 is 1. The Morgan fingerprint density at radius 1 is 1.56 bits per heavy atom. The topological polar surface area (TPSA) is 81.4 Å². The first-order chi connectivity index (χ1) is 8.47. The molecule has 2 unspecified atom stereocenters. The van der Waals surface area contributed by atoms with E-state index in [1.165, 1.54) is 7.11 Å². The lowest BCUT2D eigenvalue weighted by atomic mass is 10.1. The number of amides is 1. The zero-order valence-corrected chi connectivity index (χ0v) is 11.5. The minimum atomic E-state index is -0.965. The van der Waals surface area contributed by atoms with E-state index in [-0.39, 0.29) is 11.2 Å². The first kappa shape index (κ1) is 14.5. The van der Waals surface area contributed by atoms with Crippen molar-refractivity contribution in [1.29, 1.82) is 0 Å². The van der Waals surface area contributed by atoms with Gasteiger partial charge in [0.15, 0.2) is 0 Å². The largest absolute Gasteiger partial charge is 0.495 e. The van der Waals surface area contributed by atoms with Gasteiger partial charge in [0.05, 0.1) is 18.4 Å². The number of nitrogen functional groups attached to an aromatic ring is 1. The predicted molar refractivity (Wildman–Crippen MR) is 73.3 cm³/mol. The SMILES string of the molecule is COc1cccc(C(=O)NCC(C)S(C)=O)c1N. The average Bonchev–Trinajstić information content (AvgIpc) is 2.35. The molecule has 0 radical (unpaired) electrons. The van der Waals surface area contributed by atoms with Gasteiger partial charge >= 0.3 is 0 Å². The van der Waals surface area contributed by atoms with E-state index >= 15 is 0 Å². The molecule has 1 rings (SSSR count). The summed E-state index contributed by atoms with van der Waals surface area (Å²) < 4.78 is 16.2. The van der Waals surface area contributed by atoms with Gasteiger partial charge in [-0.3, -0.25) is 9.00 Å². The number of nitrogens with two attached hydrogens (primary N) is 1. The van der Waals surface area contributed by atoms with Crippen LogP contribution < -0.4 is 15.8 Å². The molecule has 0 aromatic heterocycles. The molecule has 0 saturated carbocycles. The number of para-hydroxylation sites is 1. The van der Waals surface area contributed by atoms with E-state index in [0.717, 1.165) is 0 Å². The molecule has 6 heteroatoms. The van der Waals surface area contributed by atoms with Crippen molar-refractivity contribution in [3.63, 3.8) is 0 Å². The number of hydrogen-bond donors (Lipinski definition) is 2. The second-order valence-electron chi connectivity index (χ2n) is 3.94. The van der Waals surface area contributed by atoms with Gasteiger partial charge in [-0.15, -0.1) is 0 Å². The van der Waals surface area contributed by atoms with Gasteiger partial charge in [0.2, 0.25) is 0 Å². The number of rotatable bonds is 5. The van der Waals surface area contributed by atoms with Crippen molar-refractivity contribution in [3.8, 4) is 5.75 Å². The highest BCUT2D eigenvalue weighted by molar-refractivity contribution is 7.84. The van der Waals surface area contributed by atoms with Crippen LogP contribution >= 0.6 is 0 Å². The van der Waals surface area contributed by atoms with Crippen LogP contribution in [0.4, 0.5) is 5.69 Å². The molecule has 18 heavy (non-hydrogen) atoms. The summed E-state index contributed by atoms with van der Waals surface area (Å²) in [4.78, 5) is 11.9. The quantitative estimate of drug-likeness (QED) is 0.775. The van der Waals surface area contributed by atoms with Crippen molar-refractivity contribution in [3.05, 3.63) is 23.8 Å². The number of anilines is 1. The van der Waals surface area contributed by atoms with Crippen molar-refractivity contribution in [2.24, 2.45) is 0 Å². The van der Waals surface area contributed by atoms with Crippen LogP contribution in [-0.4, -0.2) is 35.3 Å². The van der Waals surface area contributed by atoms with Crippen LogP contribution in [0.2, 0.25) is 0 Å². The van der Waals surface area contributed by atoms with Crippen molar-refractivity contribution in [2.75, 3.05) is 25.6 Å². The van der Waals surface area contributed by atoms with Gasteiger partial charge in [0.1, 0.15) is 5.75 Å². The summed E-state index contributed by atoms with van der Waals surface area (Å²) in [6, 6.07) is 5.02. The molecular weight excluding hydrogens is 252 g/mol. The third-order valence-corrected chi connectivity index (χ3v) is 3.95. The highest BCUT2D eigenvalue weighted by atomic mass is 32.2. The third-order valence-electron chi connectivity index (χ3n) is 2.65. The van der Waals surface area contributed by atoms with E-state index in [4.69, 9.17) is 10.5 Å². The molecule has 0 fully saturated rings. The van der Waals surface area contributed by atoms with E-state index < -0.39 is 10.8 Å². The molecule has 1 aromatic carbocycles. The zero-order chi connectivity index (χ0) is 13.7. The Hall–Kier alpha value is -1.56. The summed E-state index contributed by atoms with van der Waals surface area (Å²) in [5.74, 6) is 0.179. The van der Waals surface area contributed by atoms with E-state index in [1.54, 1.807) is 24.5 Å². The maximum atomic E-state index is 11.9. The maximum Gasteiger partial charge on any atom is 0.253 e. The molecular formula is C12H18N2O3S. The fourth-order valence-electron chi connectivity index (χ4n) is 1.37. The van der Waals surface area contributed by atoms with E-state index in [9.17, 15) is 9.00 Å². The molecule has 5 nitrogen and oxygen atoms in total. The van der Waals surface area contributed by atoms with Crippen LogP contribution in [0.5, 0.6) is 5.75 Å². The molecule has 0 bridgehead atoms. The molecule has 0 aliphatic rings. The average molecular weight is 270 g/mol. The predicted octanol–water partition coefficient (Wildman–Crippen LogP) is 0.774. The minimum absolute atomic E-state index is 0.0965. The Balaban J connectivity index is 2.76. The molecule has 0 aliphatic carbocycles. The number of benzene rings is 1. The molecule has 0 aliphatic heterocycles. The second-order valence-corrected chi connectivity index (χ2v) is 5.74. The minimum Gasteiger partial charge on any atom is -0.495 e. The molecule has 0 spiro atoms. The normalized spacial score (nSPS) is 13.7. The molecule has 100 valence electrons. The standard InChI is InChI=1S/C12H18N2O3S/c1-8(18(3)16)7-14-12(15)9-5-4-6-10(17-2)11(9)13/h4-6,8H,7,13H2,1-3H3,(H,14,15). The molecule has 1 amide bonds.